The fourth-order valence-electron chi connectivity index (χ4n) is 2.39. The van der Waals surface area contributed by atoms with Crippen molar-refractivity contribution in [3.63, 3.8) is 0 Å². The molecule has 122 valence electrons. The number of nitrogens with zero attached hydrogens (tertiary/aromatic N) is 2. The van der Waals surface area contributed by atoms with Gasteiger partial charge in [0.15, 0.2) is 0 Å². The molecule has 0 aliphatic rings. The standard InChI is InChI=1S/C18H16N2O3S/c21-16-4-2-1-3-15(16)17(11-20-10-9-19-12-20)24-14-7-5-13(6-8-14)18(22)23/h1-10,12,17,21H,11H2,(H,22,23). The molecule has 2 aromatic carbocycles. The van der Waals surface area contributed by atoms with E-state index in [0.717, 1.165) is 10.5 Å². The summed E-state index contributed by atoms with van der Waals surface area (Å²) in [4.78, 5) is 16.0. The molecular weight excluding hydrogens is 324 g/mol. The second kappa shape index (κ2) is 7.23. The van der Waals surface area contributed by atoms with Gasteiger partial charge in [-0.3, -0.25) is 0 Å². The number of rotatable bonds is 6. The van der Waals surface area contributed by atoms with E-state index >= 15 is 0 Å². The highest BCUT2D eigenvalue weighted by molar-refractivity contribution is 7.99. The monoisotopic (exact) mass is 340 g/mol. The van der Waals surface area contributed by atoms with E-state index in [1.165, 1.54) is 0 Å². The van der Waals surface area contributed by atoms with E-state index in [-0.39, 0.29) is 16.6 Å². The maximum absolute atomic E-state index is 11.0. The molecule has 0 aliphatic carbocycles. The van der Waals surface area contributed by atoms with E-state index in [2.05, 4.69) is 4.98 Å². The van der Waals surface area contributed by atoms with Gasteiger partial charge in [0.25, 0.3) is 0 Å². The van der Waals surface area contributed by atoms with E-state index in [9.17, 15) is 9.90 Å². The summed E-state index contributed by atoms with van der Waals surface area (Å²) >= 11 is 1.57. The number of hydrogen-bond acceptors (Lipinski definition) is 4. The Morgan fingerprint density at radius 1 is 1.17 bits per heavy atom. The Kier molecular flexibility index (Phi) is 4.86. The molecule has 1 aromatic heterocycles. The molecule has 24 heavy (non-hydrogen) atoms. The number of phenols is 1. The van der Waals surface area contributed by atoms with Crippen molar-refractivity contribution < 1.29 is 15.0 Å². The summed E-state index contributed by atoms with van der Waals surface area (Å²) < 4.78 is 1.95. The highest BCUT2D eigenvalue weighted by Crippen LogP contribution is 2.40. The van der Waals surface area contributed by atoms with Crippen molar-refractivity contribution in [1.82, 2.24) is 9.55 Å². The van der Waals surface area contributed by atoms with Gasteiger partial charge in [0.2, 0.25) is 0 Å². The molecule has 0 aliphatic heterocycles. The molecule has 0 bridgehead atoms. The van der Waals surface area contributed by atoms with Crippen molar-refractivity contribution in [2.75, 3.05) is 0 Å². The largest absolute Gasteiger partial charge is 0.508 e. The van der Waals surface area contributed by atoms with Gasteiger partial charge in [0, 0.05) is 29.4 Å². The SMILES string of the molecule is O=C(O)c1ccc(SC(Cn2ccnc2)c2ccccc2O)cc1. The van der Waals surface area contributed by atoms with Crippen molar-refractivity contribution in [2.45, 2.75) is 16.7 Å². The third kappa shape index (κ3) is 3.78. The number of carboxylic acid groups (broad SMARTS) is 1. The van der Waals surface area contributed by atoms with Gasteiger partial charge in [-0.05, 0) is 30.3 Å². The zero-order valence-corrected chi connectivity index (χ0v) is 13.6. The molecule has 3 aromatic rings. The highest BCUT2D eigenvalue weighted by Gasteiger charge is 2.17. The lowest BCUT2D eigenvalue weighted by Crippen LogP contribution is -2.05. The maximum atomic E-state index is 11.0. The van der Waals surface area contributed by atoms with Gasteiger partial charge in [-0.1, -0.05) is 18.2 Å². The molecule has 5 nitrogen and oxygen atoms in total. The van der Waals surface area contributed by atoms with E-state index in [1.54, 1.807) is 60.7 Å². The zero-order valence-electron chi connectivity index (χ0n) is 12.7. The summed E-state index contributed by atoms with van der Waals surface area (Å²) in [6.07, 6.45) is 5.33. The Balaban J connectivity index is 1.87. The number of benzene rings is 2. The molecule has 0 fully saturated rings. The van der Waals surface area contributed by atoms with Crippen LogP contribution in [0.2, 0.25) is 0 Å². The number of aromatic carboxylic acids is 1. The van der Waals surface area contributed by atoms with Crippen molar-refractivity contribution in [1.29, 1.82) is 0 Å². The van der Waals surface area contributed by atoms with Gasteiger partial charge < -0.3 is 14.8 Å². The van der Waals surface area contributed by atoms with Crippen LogP contribution in [0.5, 0.6) is 5.75 Å². The van der Waals surface area contributed by atoms with Crippen molar-refractivity contribution in [3.05, 3.63) is 78.4 Å². The van der Waals surface area contributed by atoms with Gasteiger partial charge in [0.1, 0.15) is 5.75 Å². The first-order valence-electron chi connectivity index (χ1n) is 7.37. The molecule has 1 atom stereocenters. The Bertz CT molecular complexity index is 817. The predicted molar refractivity (Wildman–Crippen MR) is 92.3 cm³/mol. The van der Waals surface area contributed by atoms with Gasteiger partial charge >= 0.3 is 5.97 Å². The maximum Gasteiger partial charge on any atom is 0.335 e. The number of para-hydroxylation sites is 1. The molecule has 3 rings (SSSR count). The van der Waals surface area contributed by atoms with Crippen molar-refractivity contribution in [2.24, 2.45) is 0 Å². The third-order valence-electron chi connectivity index (χ3n) is 3.60. The average Bonchev–Trinajstić information content (AvgIpc) is 3.08. The number of carboxylic acids is 1. The van der Waals surface area contributed by atoms with Crippen LogP contribution in [0, 0.1) is 0 Å². The van der Waals surface area contributed by atoms with Crippen LogP contribution in [0.4, 0.5) is 0 Å². The molecular formula is C18H16N2O3S. The summed E-state index contributed by atoms with van der Waals surface area (Å²) in [5.41, 5.74) is 1.09. The van der Waals surface area contributed by atoms with Gasteiger partial charge in [0.05, 0.1) is 17.1 Å². The fourth-order valence-corrected chi connectivity index (χ4v) is 3.58. The van der Waals surface area contributed by atoms with Crippen LogP contribution in [0.25, 0.3) is 0 Å². The summed E-state index contributed by atoms with van der Waals surface area (Å²) in [5, 5.41) is 19.2. The van der Waals surface area contributed by atoms with Crippen LogP contribution < -0.4 is 0 Å². The van der Waals surface area contributed by atoms with Crippen molar-refractivity contribution in [3.8, 4) is 5.75 Å². The Morgan fingerprint density at radius 3 is 2.54 bits per heavy atom. The van der Waals surface area contributed by atoms with E-state index in [1.807, 2.05) is 22.9 Å². The first kappa shape index (κ1) is 16.1. The molecule has 6 heteroatoms. The summed E-state index contributed by atoms with van der Waals surface area (Å²) in [6, 6.07) is 14.0. The quantitative estimate of drug-likeness (QED) is 0.667. The number of aromatic hydroxyl groups is 1. The second-order valence-corrected chi connectivity index (χ2v) is 6.53. The smallest absolute Gasteiger partial charge is 0.335 e. The molecule has 1 heterocycles. The molecule has 0 amide bonds. The molecule has 0 saturated carbocycles. The Labute approximate surface area is 143 Å². The van der Waals surface area contributed by atoms with Gasteiger partial charge in [-0.25, -0.2) is 9.78 Å². The van der Waals surface area contributed by atoms with Crippen LogP contribution >= 0.6 is 11.8 Å². The van der Waals surface area contributed by atoms with Crippen LogP contribution in [0.1, 0.15) is 21.2 Å². The number of carbonyl (C=O) groups is 1. The molecule has 0 saturated heterocycles. The molecule has 0 radical (unpaired) electrons. The average molecular weight is 340 g/mol. The minimum atomic E-state index is -0.942. The number of phenolic OH excluding ortho intramolecular Hbond substituents is 1. The lowest BCUT2D eigenvalue weighted by molar-refractivity contribution is 0.0697. The number of hydrogen-bond donors (Lipinski definition) is 2. The Morgan fingerprint density at radius 2 is 1.92 bits per heavy atom. The second-order valence-electron chi connectivity index (χ2n) is 5.25. The summed E-state index contributed by atoms with van der Waals surface area (Å²) in [5.74, 6) is -0.695. The van der Waals surface area contributed by atoms with Crippen molar-refractivity contribution >= 4 is 17.7 Å². The number of aromatic nitrogens is 2. The van der Waals surface area contributed by atoms with Gasteiger partial charge in [-0.2, -0.15) is 0 Å². The topological polar surface area (TPSA) is 75.3 Å². The summed E-state index contributed by atoms with van der Waals surface area (Å²) in [6.45, 7) is 0.642. The highest BCUT2D eigenvalue weighted by atomic mass is 32.2. The predicted octanol–water partition coefficient (Wildman–Crippen LogP) is 3.82. The first-order valence-corrected chi connectivity index (χ1v) is 8.25. The van der Waals surface area contributed by atoms with E-state index < -0.39 is 5.97 Å². The zero-order chi connectivity index (χ0) is 16.9. The Hall–Kier alpha value is -2.73. The normalized spacial score (nSPS) is 12.0. The lowest BCUT2D eigenvalue weighted by Gasteiger charge is -2.19. The van der Waals surface area contributed by atoms with Gasteiger partial charge in [-0.15, -0.1) is 11.8 Å². The molecule has 0 spiro atoms. The molecule has 1 unspecified atom stereocenters. The number of thioether (sulfide) groups is 1. The number of imidazole rings is 1. The summed E-state index contributed by atoms with van der Waals surface area (Å²) in [7, 11) is 0. The molecule has 2 N–H and O–H groups in total. The third-order valence-corrected chi connectivity index (χ3v) is 4.83. The van der Waals surface area contributed by atoms with Crippen LogP contribution in [-0.2, 0) is 6.54 Å². The van der Waals surface area contributed by atoms with Crippen LogP contribution in [0.15, 0.2) is 72.1 Å². The first-order chi connectivity index (χ1) is 11.6. The minimum Gasteiger partial charge on any atom is -0.508 e. The van der Waals surface area contributed by atoms with Crippen LogP contribution in [-0.4, -0.2) is 25.7 Å². The minimum absolute atomic E-state index is 0.0314. The van der Waals surface area contributed by atoms with Crippen LogP contribution in [0.3, 0.4) is 0 Å². The van der Waals surface area contributed by atoms with E-state index in [0.29, 0.717) is 6.54 Å². The fraction of sp³-hybridized carbons (Fsp3) is 0.111. The van der Waals surface area contributed by atoms with E-state index in [4.69, 9.17) is 5.11 Å². The lowest BCUT2D eigenvalue weighted by atomic mass is 10.1.